The fourth-order valence-electron chi connectivity index (χ4n) is 6.87. The summed E-state index contributed by atoms with van der Waals surface area (Å²) in [5.41, 5.74) is 0. The average Bonchev–Trinajstić information content (AvgIpc) is 3.09. The van der Waals surface area contributed by atoms with Gasteiger partial charge in [0, 0.05) is 12.8 Å². The minimum absolute atomic E-state index is 0.0578. The molecule has 0 aliphatic heterocycles. The topological polar surface area (TPSA) is 72.8 Å². The molecule has 0 radical (unpaired) electrons. The second-order valence-electron chi connectivity index (χ2n) is 16.4. The predicted molar refractivity (Wildman–Crippen MR) is 215 cm³/mol. The Labute approximate surface area is 312 Å². The third-order valence-electron chi connectivity index (χ3n) is 10.3. The van der Waals surface area contributed by atoms with Gasteiger partial charge in [-0.2, -0.15) is 0 Å². The van der Waals surface area contributed by atoms with E-state index in [1.165, 1.54) is 173 Å². The highest BCUT2D eigenvalue weighted by molar-refractivity contribution is 5.70. The fraction of sp³-hybridized carbons (Fsp3) is 0.956. The molecule has 1 N–H and O–H groups in total. The van der Waals surface area contributed by atoms with Crippen LogP contribution >= 0.6 is 0 Å². The molecule has 0 aliphatic rings. The smallest absolute Gasteiger partial charge is 0.306 e. The van der Waals surface area contributed by atoms with Crippen LogP contribution in [0.4, 0.5) is 0 Å². The van der Waals surface area contributed by atoms with E-state index in [2.05, 4.69) is 27.7 Å². The maximum Gasteiger partial charge on any atom is 0.306 e. The fourth-order valence-corrected chi connectivity index (χ4v) is 6.87. The van der Waals surface area contributed by atoms with Gasteiger partial charge in [-0.05, 0) is 24.7 Å². The molecule has 0 unspecified atom stereocenters. The van der Waals surface area contributed by atoms with Gasteiger partial charge in [0.2, 0.25) is 0 Å². The first-order valence-electron chi connectivity index (χ1n) is 22.3. The largest absolute Gasteiger partial charge is 0.462 e. The lowest BCUT2D eigenvalue weighted by atomic mass is 10.0. The van der Waals surface area contributed by atoms with Crippen LogP contribution in [0.2, 0.25) is 0 Å². The molecule has 0 fully saturated rings. The van der Waals surface area contributed by atoms with Crippen molar-refractivity contribution in [2.45, 2.75) is 252 Å². The molecule has 5 heteroatoms. The Morgan fingerprint density at radius 1 is 0.400 bits per heavy atom. The molecule has 0 aromatic heterocycles. The van der Waals surface area contributed by atoms with Gasteiger partial charge in [0.25, 0.3) is 0 Å². The maximum absolute atomic E-state index is 12.2. The summed E-state index contributed by atoms with van der Waals surface area (Å²) in [6.45, 7) is 8.90. The van der Waals surface area contributed by atoms with Crippen molar-refractivity contribution in [1.82, 2.24) is 0 Å². The summed E-state index contributed by atoms with van der Waals surface area (Å²) in [5.74, 6) is 1.14. The number of hydrogen-bond acceptors (Lipinski definition) is 5. The van der Waals surface area contributed by atoms with Crippen LogP contribution < -0.4 is 0 Å². The predicted octanol–water partition coefficient (Wildman–Crippen LogP) is 14.0. The van der Waals surface area contributed by atoms with Gasteiger partial charge in [0.15, 0.2) is 6.10 Å². The Morgan fingerprint density at radius 2 is 0.660 bits per heavy atom. The molecule has 0 aromatic rings. The van der Waals surface area contributed by atoms with E-state index in [-0.39, 0.29) is 25.2 Å². The van der Waals surface area contributed by atoms with Gasteiger partial charge in [-0.15, -0.1) is 0 Å². The van der Waals surface area contributed by atoms with Crippen molar-refractivity contribution < 1.29 is 24.2 Å². The molecule has 0 heterocycles. The third kappa shape index (κ3) is 39.7. The van der Waals surface area contributed by atoms with E-state index in [9.17, 15) is 14.7 Å². The van der Waals surface area contributed by atoms with Crippen molar-refractivity contribution in [3.8, 4) is 0 Å². The number of aliphatic hydroxyl groups excluding tert-OH is 1. The quantitative estimate of drug-likeness (QED) is 0.0507. The Morgan fingerprint density at radius 3 is 0.940 bits per heavy atom. The number of hydrogen-bond donors (Lipinski definition) is 1. The Kier molecular flexibility index (Phi) is 38.3. The van der Waals surface area contributed by atoms with Gasteiger partial charge in [0.1, 0.15) is 6.61 Å². The second-order valence-corrected chi connectivity index (χ2v) is 16.4. The molecule has 1 atom stereocenters. The number of unbranched alkanes of at least 4 members (excludes halogenated alkanes) is 28. The van der Waals surface area contributed by atoms with Crippen molar-refractivity contribution in [1.29, 1.82) is 0 Å². The zero-order valence-electron chi connectivity index (χ0n) is 34.3. The molecule has 0 bridgehead atoms. The molecule has 0 saturated heterocycles. The summed E-state index contributed by atoms with van der Waals surface area (Å²) in [5, 5.41) is 9.59. The zero-order chi connectivity index (χ0) is 36.8. The van der Waals surface area contributed by atoms with Gasteiger partial charge in [-0.1, -0.05) is 220 Å². The Bertz CT molecular complexity index is 706. The number of aliphatic hydroxyl groups is 1. The van der Waals surface area contributed by atoms with E-state index >= 15 is 0 Å². The molecule has 0 rings (SSSR count). The lowest BCUT2D eigenvalue weighted by Crippen LogP contribution is -2.28. The summed E-state index contributed by atoms with van der Waals surface area (Å²) >= 11 is 0. The highest BCUT2D eigenvalue weighted by Gasteiger charge is 2.16. The van der Waals surface area contributed by atoms with Gasteiger partial charge in [0.05, 0.1) is 6.61 Å². The first-order valence-corrected chi connectivity index (χ1v) is 22.3. The third-order valence-corrected chi connectivity index (χ3v) is 10.3. The van der Waals surface area contributed by atoms with E-state index < -0.39 is 6.10 Å². The SMILES string of the molecule is CC(C)CCCCCCCCCCCCCCCCCCC(=O)O[C@@H](CO)COC(=O)CCCCCCCCCCCCCCCCC(C)C. The molecule has 0 amide bonds. The minimum atomic E-state index is -0.763. The van der Waals surface area contributed by atoms with Crippen molar-refractivity contribution >= 4 is 11.9 Å². The van der Waals surface area contributed by atoms with Crippen molar-refractivity contribution in [2.24, 2.45) is 11.8 Å². The monoisotopic (exact) mass is 709 g/mol. The molecule has 0 aliphatic carbocycles. The van der Waals surface area contributed by atoms with Gasteiger partial charge >= 0.3 is 11.9 Å². The van der Waals surface area contributed by atoms with Crippen molar-refractivity contribution in [3.63, 3.8) is 0 Å². The van der Waals surface area contributed by atoms with Crippen LogP contribution in [0.25, 0.3) is 0 Å². The van der Waals surface area contributed by atoms with Gasteiger partial charge < -0.3 is 14.6 Å². The molecular formula is C45H88O5. The first kappa shape index (κ1) is 48.9. The van der Waals surface area contributed by atoms with Crippen LogP contribution in [0.1, 0.15) is 246 Å². The van der Waals surface area contributed by atoms with Gasteiger partial charge in [-0.25, -0.2) is 0 Å². The highest BCUT2D eigenvalue weighted by atomic mass is 16.6. The molecule has 298 valence electrons. The van der Waals surface area contributed by atoms with Crippen molar-refractivity contribution in [2.75, 3.05) is 13.2 Å². The van der Waals surface area contributed by atoms with E-state index in [1.807, 2.05) is 0 Å². The molecule has 0 aromatic carbocycles. The zero-order valence-corrected chi connectivity index (χ0v) is 34.3. The van der Waals surface area contributed by atoms with Crippen LogP contribution in [0.5, 0.6) is 0 Å². The second kappa shape index (κ2) is 39.1. The van der Waals surface area contributed by atoms with Crippen molar-refractivity contribution in [3.05, 3.63) is 0 Å². The lowest BCUT2D eigenvalue weighted by Gasteiger charge is -2.15. The minimum Gasteiger partial charge on any atom is -0.462 e. The number of esters is 2. The summed E-state index contributed by atoms with van der Waals surface area (Å²) in [4.78, 5) is 24.3. The highest BCUT2D eigenvalue weighted by Crippen LogP contribution is 2.17. The molecule has 0 saturated carbocycles. The molecule has 50 heavy (non-hydrogen) atoms. The number of ether oxygens (including phenoxy) is 2. The summed E-state index contributed by atoms with van der Waals surface area (Å²) in [6.07, 6.45) is 41.7. The first-order chi connectivity index (χ1) is 24.3. The van der Waals surface area contributed by atoms with E-state index in [1.54, 1.807) is 0 Å². The molecule has 5 nitrogen and oxygen atoms in total. The number of rotatable bonds is 40. The van der Waals surface area contributed by atoms with Crippen LogP contribution in [0.3, 0.4) is 0 Å². The lowest BCUT2D eigenvalue weighted by molar-refractivity contribution is -0.161. The van der Waals surface area contributed by atoms with Crippen LogP contribution in [0, 0.1) is 11.8 Å². The molecule has 0 spiro atoms. The number of carbonyl (C=O) groups excluding carboxylic acids is 2. The van der Waals surface area contributed by atoms with Crippen LogP contribution in [-0.2, 0) is 19.1 Å². The summed E-state index contributed by atoms with van der Waals surface area (Å²) in [6, 6.07) is 0. The van der Waals surface area contributed by atoms with E-state index in [4.69, 9.17) is 9.47 Å². The van der Waals surface area contributed by atoms with Crippen LogP contribution in [0.15, 0.2) is 0 Å². The summed E-state index contributed by atoms with van der Waals surface area (Å²) in [7, 11) is 0. The Balaban J connectivity index is 3.47. The Hall–Kier alpha value is -1.10. The molecular weight excluding hydrogens is 620 g/mol. The number of carbonyl (C=O) groups is 2. The van der Waals surface area contributed by atoms with E-state index in [0.717, 1.165) is 43.9 Å². The summed E-state index contributed by atoms with van der Waals surface area (Å²) < 4.78 is 10.7. The van der Waals surface area contributed by atoms with Gasteiger partial charge in [-0.3, -0.25) is 9.59 Å². The average molecular weight is 709 g/mol. The maximum atomic E-state index is 12.2. The normalized spacial score (nSPS) is 12.2. The standard InChI is InChI=1S/C45H88O5/c1-41(2)35-31-27-23-19-15-11-7-5-6-8-14-18-22-26-30-34-38-45(48)50-43(39-46)40-49-44(47)37-33-29-25-21-17-13-10-9-12-16-20-24-28-32-36-42(3)4/h41-43,46H,5-40H2,1-4H3/t43-/m0/s1. The van der Waals surface area contributed by atoms with E-state index in [0.29, 0.717) is 12.8 Å². The van der Waals surface area contributed by atoms with Crippen LogP contribution in [-0.4, -0.2) is 36.4 Å².